The van der Waals surface area contributed by atoms with Gasteiger partial charge in [0.05, 0.1) is 5.56 Å². The number of esters is 1. The number of nitrogens with zero attached hydrogens (tertiary/aromatic N) is 1. The monoisotopic (exact) mass is 569 g/mol. The van der Waals surface area contributed by atoms with Crippen molar-refractivity contribution >= 4 is 5.97 Å². The Labute approximate surface area is 256 Å². The van der Waals surface area contributed by atoms with Crippen LogP contribution < -0.4 is 0 Å². The second kappa shape index (κ2) is 12.4. The lowest BCUT2D eigenvalue weighted by atomic mass is 9.79. The third-order valence-corrected chi connectivity index (χ3v) is 7.92. The van der Waals surface area contributed by atoms with Gasteiger partial charge in [0.15, 0.2) is 0 Å². The average Bonchev–Trinajstić information content (AvgIpc) is 2.85. The SMILES string of the molecule is CN(Cc1ccc(COC(=O)c2cc(C(C)(C)C)cc(C(C)(C)C)c2)cc1)Cc1cc(C(C)(C)C)cc(C(C)(C)C)c1. The molecule has 0 spiro atoms. The Kier molecular flexibility index (Phi) is 9.89. The smallest absolute Gasteiger partial charge is 0.338 e. The zero-order chi connectivity index (χ0) is 31.7. The molecule has 0 saturated heterocycles. The lowest BCUT2D eigenvalue weighted by molar-refractivity contribution is 0.0472. The second-order valence-corrected chi connectivity index (χ2v) is 16.3. The summed E-state index contributed by atoms with van der Waals surface area (Å²) in [6, 6.07) is 21.7. The molecule has 0 bridgehead atoms. The van der Waals surface area contributed by atoms with Crippen LogP contribution in [0.4, 0.5) is 0 Å². The fraction of sp³-hybridized carbons (Fsp3) is 0.513. The van der Waals surface area contributed by atoms with Crippen molar-refractivity contribution in [1.29, 1.82) is 0 Å². The van der Waals surface area contributed by atoms with Crippen LogP contribution in [0.1, 0.15) is 132 Å². The molecule has 3 rings (SSSR count). The Bertz CT molecular complexity index is 1310. The van der Waals surface area contributed by atoms with E-state index in [2.05, 4.69) is 144 Å². The van der Waals surface area contributed by atoms with E-state index in [1.54, 1.807) is 0 Å². The molecule has 0 heterocycles. The van der Waals surface area contributed by atoms with Gasteiger partial charge in [0.2, 0.25) is 0 Å². The topological polar surface area (TPSA) is 29.5 Å². The van der Waals surface area contributed by atoms with Crippen molar-refractivity contribution in [3.05, 3.63) is 105 Å². The molecule has 0 unspecified atom stereocenters. The molecular formula is C39H55NO2. The maximum Gasteiger partial charge on any atom is 0.338 e. The van der Waals surface area contributed by atoms with Gasteiger partial charge < -0.3 is 4.74 Å². The van der Waals surface area contributed by atoms with Crippen LogP contribution in [0.2, 0.25) is 0 Å². The Balaban J connectivity index is 1.67. The number of benzene rings is 3. The van der Waals surface area contributed by atoms with E-state index in [1.807, 2.05) is 12.1 Å². The first-order valence-corrected chi connectivity index (χ1v) is 15.4. The summed E-state index contributed by atoms with van der Waals surface area (Å²) in [4.78, 5) is 15.5. The van der Waals surface area contributed by atoms with Crippen molar-refractivity contribution in [2.75, 3.05) is 7.05 Å². The van der Waals surface area contributed by atoms with Crippen LogP contribution in [-0.2, 0) is 46.1 Å². The van der Waals surface area contributed by atoms with E-state index in [1.165, 1.54) is 22.3 Å². The first kappa shape index (κ1) is 33.6. The van der Waals surface area contributed by atoms with Gasteiger partial charge in [0.1, 0.15) is 6.61 Å². The van der Waals surface area contributed by atoms with Crippen LogP contribution in [0.5, 0.6) is 0 Å². The summed E-state index contributed by atoms with van der Waals surface area (Å²) >= 11 is 0. The minimum atomic E-state index is -0.275. The van der Waals surface area contributed by atoms with Crippen molar-refractivity contribution < 1.29 is 9.53 Å². The van der Waals surface area contributed by atoms with Crippen molar-refractivity contribution in [2.45, 2.75) is 124 Å². The highest BCUT2D eigenvalue weighted by molar-refractivity contribution is 5.90. The number of rotatable bonds is 7. The van der Waals surface area contributed by atoms with Crippen molar-refractivity contribution in [1.82, 2.24) is 4.90 Å². The molecule has 0 fully saturated rings. The fourth-order valence-corrected chi connectivity index (χ4v) is 4.91. The van der Waals surface area contributed by atoms with Crippen LogP contribution in [0.25, 0.3) is 0 Å². The molecule has 42 heavy (non-hydrogen) atoms. The van der Waals surface area contributed by atoms with Gasteiger partial charge in [-0.05, 0) is 79.8 Å². The molecular weight excluding hydrogens is 514 g/mol. The Hall–Kier alpha value is -2.91. The van der Waals surface area contributed by atoms with Crippen LogP contribution in [0.3, 0.4) is 0 Å². The van der Waals surface area contributed by atoms with Crippen molar-refractivity contribution in [3.63, 3.8) is 0 Å². The fourth-order valence-electron chi connectivity index (χ4n) is 4.91. The molecule has 0 atom stereocenters. The lowest BCUT2D eigenvalue weighted by Gasteiger charge is -2.27. The molecule has 0 radical (unpaired) electrons. The molecule has 3 heteroatoms. The van der Waals surface area contributed by atoms with Crippen LogP contribution in [0, 0.1) is 0 Å². The van der Waals surface area contributed by atoms with Gasteiger partial charge in [0, 0.05) is 13.1 Å². The number of ether oxygens (including phenoxy) is 1. The largest absolute Gasteiger partial charge is 0.457 e. The van der Waals surface area contributed by atoms with Gasteiger partial charge in [0.25, 0.3) is 0 Å². The van der Waals surface area contributed by atoms with Crippen molar-refractivity contribution in [3.8, 4) is 0 Å². The summed E-state index contributed by atoms with van der Waals surface area (Å²) in [5.41, 5.74) is 9.39. The second-order valence-electron chi connectivity index (χ2n) is 16.3. The molecule has 0 aliphatic heterocycles. The number of hydrogen-bond acceptors (Lipinski definition) is 3. The average molecular weight is 570 g/mol. The highest BCUT2D eigenvalue weighted by Crippen LogP contribution is 2.32. The summed E-state index contributed by atoms with van der Waals surface area (Å²) in [7, 11) is 2.17. The molecule has 0 N–H and O–H groups in total. The zero-order valence-corrected chi connectivity index (χ0v) is 28.7. The predicted octanol–water partition coefficient (Wildman–Crippen LogP) is 9.87. The summed E-state index contributed by atoms with van der Waals surface area (Å²) < 4.78 is 5.78. The maximum atomic E-state index is 13.1. The summed E-state index contributed by atoms with van der Waals surface area (Å²) in [6.45, 7) is 28.8. The minimum absolute atomic E-state index is 0.0520. The van der Waals surface area contributed by atoms with Crippen LogP contribution >= 0.6 is 0 Å². The molecule has 0 aliphatic carbocycles. The molecule has 3 nitrogen and oxygen atoms in total. The number of carbonyl (C=O) groups is 1. The molecule has 3 aromatic carbocycles. The lowest BCUT2D eigenvalue weighted by Crippen LogP contribution is -2.20. The quantitative estimate of drug-likeness (QED) is 0.265. The van der Waals surface area contributed by atoms with Gasteiger partial charge in [-0.2, -0.15) is 0 Å². The third-order valence-electron chi connectivity index (χ3n) is 7.92. The van der Waals surface area contributed by atoms with E-state index in [-0.39, 0.29) is 34.2 Å². The summed E-state index contributed by atoms with van der Waals surface area (Å²) in [5, 5.41) is 0. The molecule has 0 aromatic heterocycles. The standard InChI is InChI=1S/C39H55NO2/c1-36(2,3)31-18-29(19-32(22-31)37(4,5)6)25-40(13)24-27-14-16-28(17-15-27)26-42-35(41)30-20-33(38(7,8)9)23-34(21-30)39(10,11)12/h14-23H,24-26H2,1-13H3. The Morgan fingerprint density at radius 3 is 1.31 bits per heavy atom. The minimum Gasteiger partial charge on any atom is -0.457 e. The first-order valence-electron chi connectivity index (χ1n) is 15.4. The predicted molar refractivity (Wildman–Crippen MR) is 178 cm³/mol. The van der Waals surface area contributed by atoms with E-state index < -0.39 is 0 Å². The van der Waals surface area contributed by atoms with Gasteiger partial charge >= 0.3 is 5.97 Å². The first-order chi connectivity index (χ1) is 19.1. The zero-order valence-electron chi connectivity index (χ0n) is 28.7. The van der Waals surface area contributed by atoms with Gasteiger partial charge in [-0.25, -0.2) is 4.79 Å². The van der Waals surface area contributed by atoms with Gasteiger partial charge in [-0.15, -0.1) is 0 Å². The van der Waals surface area contributed by atoms with E-state index >= 15 is 0 Å². The maximum absolute atomic E-state index is 13.1. The van der Waals surface area contributed by atoms with Crippen LogP contribution in [-0.4, -0.2) is 17.9 Å². The normalized spacial score (nSPS) is 13.0. The van der Waals surface area contributed by atoms with Crippen LogP contribution in [0.15, 0.2) is 60.7 Å². The van der Waals surface area contributed by atoms with E-state index in [4.69, 9.17) is 4.74 Å². The Morgan fingerprint density at radius 2 is 0.905 bits per heavy atom. The molecule has 0 saturated carbocycles. The van der Waals surface area contributed by atoms with Gasteiger partial charge in [-0.3, -0.25) is 4.90 Å². The Morgan fingerprint density at radius 1 is 0.548 bits per heavy atom. The van der Waals surface area contributed by atoms with E-state index in [0.29, 0.717) is 5.56 Å². The third kappa shape index (κ3) is 9.30. The molecule has 0 amide bonds. The summed E-state index contributed by atoms with van der Waals surface area (Å²) in [5.74, 6) is -0.275. The summed E-state index contributed by atoms with van der Waals surface area (Å²) in [6.07, 6.45) is 0. The van der Waals surface area contributed by atoms with E-state index in [9.17, 15) is 4.79 Å². The van der Waals surface area contributed by atoms with Gasteiger partial charge in [-0.1, -0.05) is 132 Å². The highest BCUT2D eigenvalue weighted by atomic mass is 16.5. The molecule has 228 valence electrons. The number of hydrogen-bond donors (Lipinski definition) is 0. The highest BCUT2D eigenvalue weighted by Gasteiger charge is 2.23. The van der Waals surface area contributed by atoms with Crippen molar-refractivity contribution in [2.24, 2.45) is 0 Å². The molecule has 3 aromatic rings. The number of carbonyl (C=O) groups excluding carboxylic acids is 1. The van der Waals surface area contributed by atoms with E-state index in [0.717, 1.165) is 29.8 Å². The molecule has 0 aliphatic rings.